The molecule has 8 heavy (non-hydrogen) atoms. The number of rotatable bonds is 0. The molecule has 1 aliphatic rings. The molecular formula is C5H6O3. The molecule has 0 spiro atoms. The molecule has 0 amide bonds. The predicted octanol–water partition coefficient (Wildman–Crippen LogP) is -0.540. The third-order valence-electron chi connectivity index (χ3n) is 1.04. The fourth-order valence-corrected chi connectivity index (χ4v) is 0.484. The fraction of sp³-hybridized carbons (Fsp3) is 0.400. The molecule has 0 radical (unpaired) electrons. The molecule has 0 aromatic rings. The molecule has 0 aromatic carbocycles. The Kier molecular flexibility index (Phi) is 1.06. The summed E-state index contributed by atoms with van der Waals surface area (Å²) in [4.78, 5) is 10.3. The second-order valence-corrected chi connectivity index (χ2v) is 1.64. The van der Waals surface area contributed by atoms with Gasteiger partial charge >= 0.3 is 5.97 Å². The number of aliphatic hydroxyl groups is 1. The zero-order valence-corrected chi connectivity index (χ0v) is 4.26. The minimum atomic E-state index is -0.775. The van der Waals surface area contributed by atoms with Gasteiger partial charge < -0.3 is 9.84 Å². The number of hydrogen-bond acceptors (Lipinski definition) is 3. The van der Waals surface area contributed by atoms with Gasteiger partial charge in [0.25, 0.3) is 0 Å². The van der Waals surface area contributed by atoms with Gasteiger partial charge in [-0.15, -0.1) is 0 Å². The van der Waals surface area contributed by atoms with Crippen LogP contribution in [0.1, 0.15) is 0 Å². The molecule has 1 aliphatic heterocycles. The Morgan fingerprint density at radius 2 is 2.50 bits per heavy atom. The first kappa shape index (κ1) is 5.31. The van der Waals surface area contributed by atoms with Crippen LogP contribution in [0.4, 0.5) is 0 Å². The molecule has 1 N–H and O–H groups in total. The zero-order valence-electron chi connectivity index (χ0n) is 4.26. The molecule has 1 heterocycles. The Morgan fingerprint density at radius 1 is 1.88 bits per heavy atom. The third kappa shape index (κ3) is 0.607. The van der Waals surface area contributed by atoms with Crippen LogP contribution in [0.15, 0.2) is 12.2 Å². The first-order valence-electron chi connectivity index (χ1n) is 2.26. The molecule has 1 fully saturated rings. The van der Waals surface area contributed by atoms with Crippen LogP contribution in [0.25, 0.3) is 0 Å². The summed E-state index contributed by atoms with van der Waals surface area (Å²) < 4.78 is 4.39. The second kappa shape index (κ2) is 1.59. The minimum absolute atomic E-state index is 0.0671. The van der Waals surface area contributed by atoms with Crippen LogP contribution in [0.3, 0.4) is 0 Å². The van der Waals surface area contributed by atoms with E-state index in [-0.39, 0.29) is 12.2 Å². The number of carbonyl (C=O) groups is 1. The first-order valence-corrected chi connectivity index (χ1v) is 2.26. The highest BCUT2D eigenvalue weighted by molar-refractivity contribution is 5.90. The standard InChI is InChI=1S/C5H6O3/c1-3-4(6)2-8-5(3)7/h4,6H,1-2H2/t4-/m1/s1. The Bertz CT molecular complexity index is 139. The van der Waals surface area contributed by atoms with Gasteiger partial charge in [0.2, 0.25) is 0 Å². The van der Waals surface area contributed by atoms with Crippen molar-refractivity contribution in [2.75, 3.05) is 6.61 Å². The molecule has 3 nitrogen and oxygen atoms in total. The number of esters is 1. The van der Waals surface area contributed by atoms with E-state index in [1.807, 2.05) is 0 Å². The van der Waals surface area contributed by atoms with Gasteiger partial charge in [0.1, 0.15) is 12.7 Å². The number of hydrogen-bond donors (Lipinski definition) is 1. The first-order chi connectivity index (χ1) is 3.72. The van der Waals surface area contributed by atoms with Crippen LogP contribution in [0.5, 0.6) is 0 Å². The van der Waals surface area contributed by atoms with E-state index >= 15 is 0 Å². The Labute approximate surface area is 46.6 Å². The maximum atomic E-state index is 10.3. The molecule has 0 saturated carbocycles. The minimum Gasteiger partial charge on any atom is -0.459 e. The summed E-state index contributed by atoms with van der Waals surface area (Å²) in [6, 6.07) is 0. The summed E-state index contributed by atoms with van der Waals surface area (Å²) in [6.07, 6.45) is -0.775. The largest absolute Gasteiger partial charge is 0.459 e. The van der Waals surface area contributed by atoms with Gasteiger partial charge in [-0.2, -0.15) is 0 Å². The second-order valence-electron chi connectivity index (χ2n) is 1.64. The van der Waals surface area contributed by atoms with Gasteiger partial charge in [-0.3, -0.25) is 0 Å². The summed E-state index contributed by atoms with van der Waals surface area (Å²) in [5, 5.41) is 8.72. The highest BCUT2D eigenvalue weighted by Gasteiger charge is 2.25. The lowest BCUT2D eigenvalue weighted by atomic mass is 10.2. The van der Waals surface area contributed by atoms with Gasteiger partial charge in [0.05, 0.1) is 5.57 Å². The van der Waals surface area contributed by atoms with Crippen molar-refractivity contribution >= 4 is 5.97 Å². The van der Waals surface area contributed by atoms with Crippen LogP contribution in [0.2, 0.25) is 0 Å². The normalized spacial score (nSPS) is 28.4. The maximum Gasteiger partial charge on any atom is 0.336 e. The summed E-state index contributed by atoms with van der Waals surface area (Å²) in [5.41, 5.74) is 0.157. The van der Waals surface area contributed by atoms with E-state index in [4.69, 9.17) is 5.11 Å². The maximum absolute atomic E-state index is 10.3. The quantitative estimate of drug-likeness (QED) is 0.340. The average Bonchev–Trinajstić information content (AvgIpc) is 1.98. The number of cyclic esters (lactones) is 1. The average molecular weight is 114 g/mol. The molecule has 0 aromatic heterocycles. The Morgan fingerprint density at radius 3 is 2.62 bits per heavy atom. The van der Waals surface area contributed by atoms with Crippen molar-refractivity contribution in [3.05, 3.63) is 12.2 Å². The van der Waals surface area contributed by atoms with Crippen LogP contribution < -0.4 is 0 Å². The van der Waals surface area contributed by atoms with Crippen LogP contribution in [-0.2, 0) is 9.53 Å². The van der Waals surface area contributed by atoms with Crippen molar-refractivity contribution in [3.8, 4) is 0 Å². The van der Waals surface area contributed by atoms with E-state index in [2.05, 4.69) is 11.3 Å². The summed E-state index contributed by atoms with van der Waals surface area (Å²) in [6.45, 7) is 3.36. The fourth-order valence-electron chi connectivity index (χ4n) is 0.484. The zero-order chi connectivity index (χ0) is 6.15. The molecule has 0 aliphatic carbocycles. The summed E-state index contributed by atoms with van der Waals surface area (Å²) in [5.74, 6) is -0.488. The molecule has 3 heteroatoms. The van der Waals surface area contributed by atoms with E-state index in [1.54, 1.807) is 0 Å². The Balaban J connectivity index is 2.71. The Hall–Kier alpha value is -0.830. The lowest BCUT2D eigenvalue weighted by molar-refractivity contribution is -0.135. The van der Waals surface area contributed by atoms with Crippen molar-refractivity contribution < 1.29 is 14.6 Å². The van der Waals surface area contributed by atoms with Gasteiger partial charge in [-0.25, -0.2) is 4.79 Å². The molecule has 0 bridgehead atoms. The molecular weight excluding hydrogens is 108 g/mol. The molecule has 0 unspecified atom stereocenters. The summed E-state index contributed by atoms with van der Waals surface area (Å²) >= 11 is 0. The lowest BCUT2D eigenvalue weighted by Gasteiger charge is -1.90. The highest BCUT2D eigenvalue weighted by atomic mass is 16.6. The van der Waals surface area contributed by atoms with Gasteiger partial charge in [0.15, 0.2) is 0 Å². The molecule has 1 rings (SSSR count). The molecule has 44 valence electrons. The van der Waals surface area contributed by atoms with E-state index in [0.717, 1.165) is 0 Å². The molecule has 1 saturated heterocycles. The van der Waals surface area contributed by atoms with E-state index in [0.29, 0.717) is 0 Å². The van der Waals surface area contributed by atoms with Crippen LogP contribution in [-0.4, -0.2) is 23.8 Å². The lowest BCUT2D eigenvalue weighted by Crippen LogP contribution is -2.06. The predicted molar refractivity (Wildman–Crippen MR) is 26.1 cm³/mol. The van der Waals surface area contributed by atoms with E-state index in [1.165, 1.54) is 0 Å². The summed E-state index contributed by atoms with van der Waals surface area (Å²) in [7, 11) is 0. The highest BCUT2D eigenvalue weighted by Crippen LogP contribution is 2.10. The van der Waals surface area contributed by atoms with E-state index < -0.39 is 12.1 Å². The monoisotopic (exact) mass is 114 g/mol. The smallest absolute Gasteiger partial charge is 0.336 e. The van der Waals surface area contributed by atoms with Gasteiger partial charge in [-0.1, -0.05) is 6.58 Å². The van der Waals surface area contributed by atoms with Crippen molar-refractivity contribution in [2.24, 2.45) is 0 Å². The van der Waals surface area contributed by atoms with Crippen LogP contribution in [0, 0.1) is 0 Å². The topological polar surface area (TPSA) is 46.5 Å². The van der Waals surface area contributed by atoms with Gasteiger partial charge in [0, 0.05) is 0 Å². The van der Waals surface area contributed by atoms with Crippen molar-refractivity contribution in [3.63, 3.8) is 0 Å². The van der Waals surface area contributed by atoms with Crippen molar-refractivity contribution in [1.29, 1.82) is 0 Å². The van der Waals surface area contributed by atoms with Crippen molar-refractivity contribution in [1.82, 2.24) is 0 Å². The van der Waals surface area contributed by atoms with Crippen molar-refractivity contribution in [2.45, 2.75) is 6.10 Å². The van der Waals surface area contributed by atoms with Crippen LogP contribution >= 0.6 is 0 Å². The molecule has 1 atom stereocenters. The number of carbonyl (C=O) groups excluding carboxylic acids is 1. The third-order valence-corrected chi connectivity index (χ3v) is 1.04. The SMILES string of the molecule is C=C1C(=O)OC[C@H]1O. The number of aliphatic hydroxyl groups excluding tert-OH is 1. The number of ether oxygens (including phenoxy) is 1. The van der Waals surface area contributed by atoms with E-state index in [9.17, 15) is 4.79 Å². The van der Waals surface area contributed by atoms with Gasteiger partial charge in [-0.05, 0) is 0 Å².